The number of rotatable bonds is 5. The fraction of sp³-hybridized carbons (Fsp3) is 0.308. The van der Waals surface area contributed by atoms with Gasteiger partial charge >= 0.3 is 0 Å². The van der Waals surface area contributed by atoms with Crippen molar-refractivity contribution in [3.05, 3.63) is 40.6 Å². The molecule has 2 rings (SSSR count). The van der Waals surface area contributed by atoms with E-state index in [0.29, 0.717) is 11.1 Å². The Bertz CT molecular complexity index is 643. The third-order valence-electron chi connectivity index (χ3n) is 2.95. The van der Waals surface area contributed by atoms with E-state index in [4.69, 9.17) is 5.11 Å². The third-order valence-corrected chi connectivity index (χ3v) is 2.95. The topological polar surface area (TPSA) is 109 Å². The molecular formula is C13H15N3O4. The molecule has 1 aromatic heterocycles. The van der Waals surface area contributed by atoms with Gasteiger partial charge in [-0.2, -0.15) is 0 Å². The van der Waals surface area contributed by atoms with Gasteiger partial charge in [0.2, 0.25) is 0 Å². The van der Waals surface area contributed by atoms with E-state index in [2.05, 4.69) is 10.3 Å². The molecule has 0 aliphatic carbocycles. The average molecular weight is 277 g/mol. The van der Waals surface area contributed by atoms with Crippen molar-refractivity contribution < 1.29 is 15.1 Å². The number of aliphatic hydroxyl groups excluding tert-OH is 1. The SMILES string of the molecule is CC(O)(CO)CNc1ccnc2c([N+](=O)[O-])cccc12. The Morgan fingerprint density at radius 2 is 2.20 bits per heavy atom. The van der Waals surface area contributed by atoms with Gasteiger partial charge in [0.05, 0.1) is 11.5 Å². The summed E-state index contributed by atoms with van der Waals surface area (Å²) in [6.07, 6.45) is 1.46. The van der Waals surface area contributed by atoms with E-state index in [1.54, 1.807) is 18.2 Å². The van der Waals surface area contributed by atoms with Crippen LogP contribution < -0.4 is 5.32 Å². The van der Waals surface area contributed by atoms with E-state index in [0.717, 1.165) is 0 Å². The Morgan fingerprint density at radius 3 is 2.85 bits per heavy atom. The quantitative estimate of drug-likeness (QED) is 0.561. The zero-order valence-electron chi connectivity index (χ0n) is 10.9. The maximum absolute atomic E-state index is 11.0. The molecule has 0 spiro atoms. The standard InChI is InChI=1S/C13H15N3O4/c1-13(18,8-17)7-15-10-5-6-14-12-9(10)3-2-4-11(12)16(19)20/h2-6,17-18H,7-8H2,1H3,(H,14,15). The molecule has 0 radical (unpaired) electrons. The van der Waals surface area contributed by atoms with Crippen LogP contribution >= 0.6 is 0 Å². The van der Waals surface area contributed by atoms with Crippen molar-refractivity contribution in [2.24, 2.45) is 0 Å². The Labute approximate surface area is 115 Å². The van der Waals surface area contributed by atoms with E-state index in [9.17, 15) is 15.2 Å². The van der Waals surface area contributed by atoms with Crippen LogP contribution in [0.5, 0.6) is 0 Å². The van der Waals surface area contributed by atoms with E-state index in [1.807, 2.05) is 0 Å². The van der Waals surface area contributed by atoms with Gasteiger partial charge in [0.15, 0.2) is 0 Å². The highest BCUT2D eigenvalue weighted by atomic mass is 16.6. The Kier molecular flexibility index (Phi) is 3.82. The van der Waals surface area contributed by atoms with Crippen LogP contribution in [0.15, 0.2) is 30.5 Å². The van der Waals surface area contributed by atoms with Crippen molar-refractivity contribution in [3.63, 3.8) is 0 Å². The smallest absolute Gasteiger partial charge is 0.295 e. The summed E-state index contributed by atoms with van der Waals surface area (Å²) >= 11 is 0. The van der Waals surface area contributed by atoms with Crippen molar-refractivity contribution >= 4 is 22.3 Å². The maximum atomic E-state index is 11.0. The molecule has 7 heteroatoms. The molecule has 1 heterocycles. The minimum atomic E-state index is -1.27. The van der Waals surface area contributed by atoms with Crippen LogP contribution in [-0.4, -0.2) is 38.9 Å². The van der Waals surface area contributed by atoms with E-state index >= 15 is 0 Å². The number of aliphatic hydroxyl groups is 2. The summed E-state index contributed by atoms with van der Waals surface area (Å²) in [5, 5.41) is 33.3. The van der Waals surface area contributed by atoms with Crippen LogP contribution in [0.1, 0.15) is 6.92 Å². The summed E-state index contributed by atoms with van der Waals surface area (Å²) in [7, 11) is 0. The number of pyridine rings is 1. The molecule has 20 heavy (non-hydrogen) atoms. The minimum Gasteiger partial charge on any atom is -0.393 e. The first kappa shape index (κ1) is 14.2. The van der Waals surface area contributed by atoms with Crippen LogP contribution in [0.2, 0.25) is 0 Å². The normalized spacial score (nSPS) is 13.9. The number of nitrogens with one attached hydrogen (secondary N) is 1. The van der Waals surface area contributed by atoms with E-state index in [1.165, 1.54) is 19.2 Å². The lowest BCUT2D eigenvalue weighted by Crippen LogP contribution is -2.37. The molecule has 0 amide bonds. The van der Waals surface area contributed by atoms with Crippen molar-refractivity contribution in [1.82, 2.24) is 4.98 Å². The number of non-ortho nitro benzene ring substituents is 1. The van der Waals surface area contributed by atoms with Gasteiger partial charge in [-0.15, -0.1) is 0 Å². The lowest BCUT2D eigenvalue weighted by Gasteiger charge is -2.21. The molecule has 0 aliphatic heterocycles. The van der Waals surface area contributed by atoms with Crippen LogP contribution in [0.3, 0.4) is 0 Å². The van der Waals surface area contributed by atoms with Crippen LogP contribution in [0.25, 0.3) is 10.9 Å². The van der Waals surface area contributed by atoms with Gasteiger partial charge in [-0.05, 0) is 13.0 Å². The van der Waals surface area contributed by atoms with Gasteiger partial charge in [0.25, 0.3) is 5.69 Å². The summed E-state index contributed by atoms with van der Waals surface area (Å²) in [5.41, 5.74) is -0.435. The van der Waals surface area contributed by atoms with Crippen LogP contribution in [0, 0.1) is 10.1 Å². The number of nitrogens with zero attached hydrogens (tertiary/aromatic N) is 2. The highest BCUT2D eigenvalue weighted by molar-refractivity contribution is 5.96. The van der Waals surface area contributed by atoms with Crippen molar-refractivity contribution in [2.45, 2.75) is 12.5 Å². The molecular weight excluding hydrogens is 262 g/mol. The average Bonchev–Trinajstić information content (AvgIpc) is 2.44. The van der Waals surface area contributed by atoms with Crippen molar-refractivity contribution in [1.29, 1.82) is 0 Å². The van der Waals surface area contributed by atoms with Crippen molar-refractivity contribution in [3.8, 4) is 0 Å². The van der Waals surface area contributed by atoms with Crippen LogP contribution in [0.4, 0.5) is 11.4 Å². The summed E-state index contributed by atoms with van der Waals surface area (Å²) in [6.45, 7) is 1.22. The molecule has 1 aromatic carbocycles. The minimum absolute atomic E-state index is 0.0694. The monoisotopic (exact) mass is 277 g/mol. The third kappa shape index (κ3) is 2.84. The Morgan fingerprint density at radius 1 is 1.45 bits per heavy atom. The number of aromatic nitrogens is 1. The molecule has 1 atom stereocenters. The molecule has 0 fully saturated rings. The highest BCUT2D eigenvalue weighted by Crippen LogP contribution is 2.28. The largest absolute Gasteiger partial charge is 0.393 e. The number of nitro groups is 1. The van der Waals surface area contributed by atoms with Gasteiger partial charge in [-0.3, -0.25) is 10.1 Å². The lowest BCUT2D eigenvalue weighted by atomic mass is 10.1. The molecule has 7 nitrogen and oxygen atoms in total. The van der Waals surface area contributed by atoms with E-state index in [-0.39, 0.29) is 24.4 Å². The number of benzene rings is 1. The van der Waals surface area contributed by atoms with Gasteiger partial charge in [0, 0.05) is 29.9 Å². The first-order valence-corrected chi connectivity index (χ1v) is 6.04. The summed E-state index contributed by atoms with van der Waals surface area (Å²) in [5.74, 6) is 0. The molecule has 0 aliphatic rings. The first-order valence-electron chi connectivity index (χ1n) is 6.04. The second-order valence-electron chi connectivity index (χ2n) is 4.80. The van der Waals surface area contributed by atoms with Gasteiger partial charge in [0.1, 0.15) is 11.1 Å². The number of fused-ring (bicyclic) bond motifs is 1. The number of anilines is 1. The fourth-order valence-corrected chi connectivity index (χ4v) is 1.80. The predicted molar refractivity (Wildman–Crippen MR) is 74.6 cm³/mol. The zero-order chi connectivity index (χ0) is 14.8. The van der Waals surface area contributed by atoms with E-state index < -0.39 is 10.5 Å². The summed E-state index contributed by atoms with van der Waals surface area (Å²) in [6, 6.07) is 6.35. The summed E-state index contributed by atoms with van der Waals surface area (Å²) < 4.78 is 0. The summed E-state index contributed by atoms with van der Waals surface area (Å²) in [4.78, 5) is 14.5. The van der Waals surface area contributed by atoms with Crippen LogP contribution in [-0.2, 0) is 0 Å². The first-order chi connectivity index (χ1) is 9.44. The molecule has 2 aromatic rings. The molecule has 0 saturated heterocycles. The predicted octanol–water partition coefficient (Wildman–Crippen LogP) is 1.30. The lowest BCUT2D eigenvalue weighted by molar-refractivity contribution is -0.383. The second-order valence-corrected chi connectivity index (χ2v) is 4.80. The molecule has 0 saturated carbocycles. The Balaban J connectivity index is 2.40. The van der Waals surface area contributed by atoms with Gasteiger partial charge in [-0.25, -0.2) is 4.98 Å². The van der Waals surface area contributed by atoms with Gasteiger partial charge < -0.3 is 15.5 Å². The number of hydrogen-bond acceptors (Lipinski definition) is 6. The fourth-order valence-electron chi connectivity index (χ4n) is 1.80. The molecule has 106 valence electrons. The number of hydrogen-bond donors (Lipinski definition) is 3. The highest BCUT2D eigenvalue weighted by Gasteiger charge is 2.20. The Hall–Kier alpha value is -2.25. The zero-order valence-corrected chi connectivity index (χ0v) is 10.9. The molecule has 1 unspecified atom stereocenters. The molecule has 3 N–H and O–H groups in total. The van der Waals surface area contributed by atoms with Gasteiger partial charge in [-0.1, -0.05) is 12.1 Å². The second kappa shape index (κ2) is 5.40. The van der Waals surface area contributed by atoms with Crippen molar-refractivity contribution in [2.75, 3.05) is 18.5 Å². The number of nitro benzene ring substituents is 1. The molecule has 0 bridgehead atoms. The maximum Gasteiger partial charge on any atom is 0.295 e. The number of para-hydroxylation sites is 1.